The highest BCUT2D eigenvalue weighted by Crippen LogP contribution is 2.22. The molecular formula is C17H19NO. The average molecular weight is 253 g/mol. The van der Waals surface area contributed by atoms with Crippen LogP contribution in [0.3, 0.4) is 0 Å². The first-order chi connectivity index (χ1) is 9.10. The molecule has 0 saturated heterocycles. The van der Waals surface area contributed by atoms with Crippen molar-refractivity contribution in [3.05, 3.63) is 58.7 Å². The van der Waals surface area contributed by atoms with Crippen LogP contribution in [-0.2, 0) is 6.42 Å². The maximum atomic E-state index is 9.73. The fourth-order valence-electron chi connectivity index (χ4n) is 2.03. The smallest absolute Gasteiger partial charge is 0.121 e. The Morgan fingerprint density at radius 3 is 2.16 bits per heavy atom. The normalized spacial score (nSPS) is 11.1. The number of nitrogens with zero attached hydrogens (tertiary/aromatic N) is 1. The number of aryl methyl sites for hydroxylation is 3. The lowest BCUT2D eigenvalue weighted by Gasteiger charge is -2.04. The SMILES string of the molecule is CCc1ccc(N=Cc2cc(C)c(O)c(C)c2)cc1. The van der Waals surface area contributed by atoms with E-state index in [0.29, 0.717) is 5.75 Å². The van der Waals surface area contributed by atoms with E-state index in [4.69, 9.17) is 0 Å². The van der Waals surface area contributed by atoms with Gasteiger partial charge in [0.15, 0.2) is 0 Å². The third-order valence-electron chi connectivity index (χ3n) is 3.22. The molecule has 2 nitrogen and oxygen atoms in total. The Morgan fingerprint density at radius 2 is 1.63 bits per heavy atom. The Labute approximate surface area is 114 Å². The standard InChI is InChI=1S/C17H19NO/c1-4-14-5-7-16(8-6-14)18-11-15-9-12(2)17(19)13(3)10-15/h5-11,19H,4H2,1-3H3. The summed E-state index contributed by atoms with van der Waals surface area (Å²) in [5.74, 6) is 0.365. The molecule has 2 heteroatoms. The van der Waals surface area contributed by atoms with E-state index in [2.05, 4.69) is 24.0 Å². The highest BCUT2D eigenvalue weighted by molar-refractivity contribution is 5.83. The summed E-state index contributed by atoms with van der Waals surface area (Å²) >= 11 is 0. The quantitative estimate of drug-likeness (QED) is 0.812. The largest absolute Gasteiger partial charge is 0.507 e. The van der Waals surface area contributed by atoms with Gasteiger partial charge in [0, 0.05) is 6.21 Å². The molecule has 0 heterocycles. The molecular weight excluding hydrogens is 234 g/mol. The first kappa shape index (κ1) is 13.3. The van der Waals surface area contributed by atoms with Crippen LogP contribution in [0.2, 0.25) is 0 Å². The van der Waals surface area contributed by atoms with E-state index in [0.717, 1.165) is 28.8 Å². The van der Waals surface area contributed by atoms with Crippen LogP contribution in [0.25, 0.3) is 0 Å². The molecule has 0 aliphatic carbocycles. The number of phenols is 1. The zero-order valence-electron chi connectivity index (χ0n) is 11.6. The van der Waals surface area contributed by atoms with Crippen molar-refractivity contribution in [2.24, 2.45) is 4.99 Å². The van der Waals surface area contributed by atoms with E-state index in [1.54, 1.807) is 0 Å². The Hall–Kier alpha value is -2.09. The summed E-state index contributed by atoms with van der Waals surface area (Å²) in [5.41, 5.74) is 5.02. The first-order valence-corrected chi connectivity index (χ1v) is 6.53. The highest BCUT2D eigenvalue weighted by Gasteiger charge is 2.01. The second-order valence-corrected chi connectivity index (χ2v) is 4.78. The van der Waals surface area contributed by atoms with Gasteiger partial charge in [0.2, 0.25) is 0 Å². The van der Waals surface area contributed by atoms with Gasteiger partial charge in [0.1, 0.15) is 5.75 Å². The van der Waals surface area contributed by atoms with Crippen molar-refractivity contribution in [1.29, 1.82) is 0 Å². The average Bonchev–Trinajstić information content (AvgIpc) is 2.43. The molecule has 2 aromatic rings. The lowest BCUT2D eigenvalue weighted by molar-refractivity contribution is 0.467. The van der Waals surface area contributed by atoms with E-state index >= 15 is 0 Å². The number of hydrogen-bond donors (Lipinski definition) is 1. The summed E-state index contributed by atoms with van der Waals surface area (Å²) in [6, 6.07) is 12.1. The third kappa shape index (κ3) is 3.22. The number of phenolic OH excluding ortho intramolecular Hbond substituents is 1. The predicted molar refractivity (Wildman–Crippen MR) is 80.7 cm³/mol. The number of aliphatic imine (C=N–C) groups is 1. The Morgan fingerprint density at radius 1 is 1.05 bits per heavy atom. The van der Waals surface area contributed by atoms with E-state index in [1.165, 1.54) is 5.56 Å². The summed E-state index contributed by atoms with van der Waals surface area (Å²) in [6.07, 6.45) is 2.88. The van der Waals surface area contributed by atoms with Crippen molar-refractivity contribution in [3.63, 3.8) is 0 Å². The van der Waals surface area contributed by atoms with Crippen LogP contribution < -0.4 is 0 Å². The molecule has 0 aliphatic heterocycles. The van der Waals surface area contributed by atoms with Crippen LogP contribution >= 0.6 is 0 Å². The minimum Gasteiger partial charge on any atom is -0.507 e. The zero-order chi connectivity index (χ0) is 13.8. The lowest BCUT2D eigenvalue weighted by Crippen LogP contribution is -1.87. The molecule has 2 aromatic carbocycles. The molecule has 0 aliphatic rings. The molecule has 19 heavy (non-hydrogen) atoms. The van der Waals surface area contributed by atoms with E-state index < -0.39 is 0 Å². The molecule has 0 fully saturated rings. The highest BCUT2D eigenvalue weighted by atomic mass is 16.3. The van der Waals surface area contributed by atoms with Crippen molar-refractivity contribution in [1.82, 2.24) is 0 Å². The second kappa shape index (κ2) is 5.70. The molecule has 0 bridgehead atoms. The summed E-state index contributed by atoms with van der Waals surface area (Å²) in [6.45, 7) is 5.94. The first-order valence-electron chi connectivity index (χ1n) is 6.53. The van der Waals surface area contributed by atoms with Crippen LogP contribution in [0.5, 0.6) is 5.75 Å². The Balaban J connectivity index is 2.22. The number of hydrogen-bond acceptors (Lipinski definition) is 2. The molecule has 98 valence electrons. The Bertz CT molecular complexity index is 574. The molecule has 0 unspecified atom stereocenters. The molecule has 0 radical (unpaired) electrons. The van der Waals surface area contributed by atoms with Crippen LogP contribution in [-0.4, -0.2) is 11.3 Å². The van der Waals surface area contributed by atoms with Crippen molar-refractivity contribution in [2.45, 2.75) is 27.2 Å². The van der Waals surface area contributed by atoms with Crippen molar-refractivity contribution in [2.75, 3.05) is 0 Å². The molecule has 2 rings (SSSR count). The van der Waals surface area contributed by atoms with Gasteiger partial charge in [0.25, 0.3) is 0 Å². The van der Waals surface area contributed by atoms with Gasteiger partial charge in [-0.1, -0.05) is 19.1 Å². The van der Waals surface area contributed by atoms with Gasteiger partial charge in [0.05, 0.1) is 5.69 Å². The number of rotatable bonds is 3. The summed E-state index contributed by atoms with van der Waals surface area (Å²) < 4.78 is 0. The Kier molecular flexibility index (Phi) is 4.00. The van der Waals surface area contributed by atoms with Crippen molar-refractivity contribution >= 4 is 11.9 Å². The van der Waals surface area contributed by atoms with Crippen molar-refractivity contribution in [3.8, 4) is 5.75 Å². The molecule has 0 saturated carbocycles. The maximum absolute atomic E-state index is 9.73. The summed E-state index contributed by atoms with van der Waals surface area (Å²) in [7, 11) is 0. The van der Waals surface area contributed by atoms with Gasteiger partial charge in [-0.2, -0.15) is 0 Å². The van der Waals surface area contributed by atoms with Crippen LogP contribution in [0.15, 0.2) is 41.4 Å². The molecule has 0 spiro atoms. The molecule has 0 aromatic heterocycles. The fourth-order valence-corrected chi connectivity index (χ4v) is 2.03. The lowest BCUT2D eigenvalue weighted by atomic mass is 10.1. The number of benzene rings is 2. The van der Waals surface area contributed by atoms with Crippen LogP contribution in [0, 0.1) is 13.8 Å². The van der Waals surface area contributed by atoms with Gasteiger partial charge in [-0.05, 0) is 66.8 Å². The minimum atomic E-state index is 0.365. The maximum Gasteiger partial charge on any atom is 0.121 e. The third-order valence-corrected chi connectivity index (χ3v) is 3.22. The minimum absolute atomic E-state index is 0.365. The van der Waals surface area contributed by atoms with E-state index in [1.807, 2.05) is 44.3 Å². The van der Waals surface area contributed by atoms with Crippen LogP contribution in [0.1, 0.15) is 29.2 Å². The molecule has 0 amide bonds. The van der Waals surface area contributed by atoms with Gasteiger partial charge >= 0.3 is 0 Å². The van der Waals surface area contributed by atoms with Gasteiger partial charge in [-0.3, -0.25) is 4.99 Å². The molecule has 0 atom stereocenters. The van der Waals surface area contributed by atoms with Crippen molar-refractivity contribution < 1.29 is 5.11 Å². The summed E-state index contributed by atoms with van der Waals surface area (Å²) in [4.78, 5) is 4.46. The second-order valence-electron chi connectivity index (χ2n) is 4.78. The number of aromatic hydroxyl groups is 1. The summed E-state index contributed by atoms with van der Waals surface area (Å²) in [5, 5.41) is 9.73. The van der Waals surface area contributed by atoms with Gasteiger partial charge in [-0.15, -0.1) is 0 Å². The van der Waals surface area contributed by atoms with Gasteiger partial charge < -0.3 is 5.11 Å². The fraction of sp³-hybridized carbons (Fsp3) is 0.235. The zero-order valence-corrected chi connectivity index (χ0v) is 11.6. The van der Waals surface area contributed by atoms with Gasteiger partial charge in [-0.25, -0.2) is 0 Å². The predicted octanol–water partition coefficient (Wildman–Crippen LogP) is 4.32. The monoisotopic (exact) mass is 253 g/mol. The topological polar surface area (TPSA) is 32.6 Å². The molecule has 1 N–H and O–H groups in total. The van der Waals surface area contributed by atoms with E-state index in [-0.39, 0.29) is 0 Å². The van der Waals surface area contributed by atoms with E-state index in [9.17, 15) is 5.11 Å². The van der Waals surface area contributed by atoms with Crippen LogP contribution in [0.4, 0.5) is 5.69 Å².